The van der Waals surface area contributed by atoms with E-state index in [4.69, 9.17) is 15.2 Å². The summed E-state index contributed by atoms with van der Waals surface area (Å²) in [6, 6.07) is 15.2. The second-order valence-corrected chi connectivity index (χ2v) is 6.74. The van der Waals surface area contributed by atoms with Crippen LogP contribution in [0.5, 0.6) is 5.75 Å². The van der Waals surface area contributed by atoms with Crippen LogP contribution in [0.15, 0.2) is 67.3 Å². The number of ether oxygens (including phenoxy) is 2. The largest absolute Gasteiger partial charge is 0.497 e. The molecule has 152 valence electrons. The number of benzene rings is 2. The van der Waals surface area contributed by atoms with Gasteiger partial charge in [0, 0.05) is 12.2 Å². The Hall–Kier alpha value is -3.32. The van der Waals surface area contributed by atoms with E-state index in [0.29, 0.717) is 5.75 Å². The fourth-order valence-electron chi connectivity index (χ4n) is 3.46. The highest BCUT2D eigenvalue weighted by Gasteiger charge is 2.51. The van der Waals surface area contributed by atoms with Gasteiger partial charge in [0.15, 0.2) is 6.10 Å². The molecule has 0 spiro atoms. The highest BCUT2D eigenvalue weighted by molar-refractivity contribution is 5.95. The first-order valence-corrected chi connectivity index (χ1v) is 9.32. The molecule has 3 N–H and O–H groups in total. The van der Waals surface area contributed by atoms with E-state index in [2.05, 4.69) is 11.9 Å². The molecule has 7 heteroatoms. The van der Waals surface area contributed by atoms with Crippen LogP contribution in [0.4, 0.5) is 5.69 Å². The smallest absolute Gasteiger partial charge is 0.255 e. The average molecular weight is 395 g/mol. The van der Waals surface area contributed by atoms with Crippen molar-refractivity contribution in [2.75, 3.05) is 19.0 Å². The maximum Gasteiger partial charge on any atom is 0.255 e. The first-order valence-electron chi connectivity index (χ1n) is 9.32. The Kier molecular flexibility index (Phi) is 6.51. The van der Waals surface area contributed by atoms with Crippen LogP contribution in [0.2, 0.25) is 0 Å². The number of likely N-dealkylation sites (tertiary alicyclic amines) is 1. The van der Waals surface area contributed by atoms with Gasteiger partial charge in [-0.25, -0.2) is 0 Å². The predicted octanol–water partition coefficient (Wildman–Crippen LogP) is 1.94. The van der Waals surface area contributed by atoms with E-state index in [0.717, 1.165) is 11.3 Å². The molecule has 1 heterocycles. The van der Waals surface area contributed by atoms with Crippen molar-refractivity contribution in [3.8, 4) is 5.75 Å². The van der Waals surface area contributed by atoms with Crippen LogP contribution in [-0.4, -0.2) is 48.6 Å². The number of nitrogens with one attached hydrogen (secondary N) is 1. The molecule has 1 fully saturated rings. The van der Waals surface area contributed by atoms with Crippen LogP contribution in [0.3, 0.4) is 0 Å². The van der Waals surface area contributed by atoms with Crippen molar-refractivity contribution in [2.24, 2.45) is 5.73 Å². The number of carbonyl (C=O) groups excluding carboxylic acids is 2. The third kappa shape index (κ3) is 4.57. The molecule has 0 unspecified atom stereocenters. The Labute approximate surface area is 170 Å². The normalized spacial score (nSPS) is 21.1. The number of primary amides is 1. The SMILES string of the molecule is C=CCN1C(=O)[C@H](OCc2ccccc2)[C@@H](Nc2ccc(OC)cc2)[C@H]1C(N)=O. The van der Waals surface area contributed by atoms with Gasteiger partial charge in [-0.15, -0.1) is 6.58 Å². The highest BCUT2D eigenvalue weighted by Crippen LogP contribution is 2.27. The van der Waals surface area contributed by atoms with Crippen LogP contribution in [0.25, 0.3) is 0 Å². The molecule has 2 aromatic carbocycles. The lowest BCUT2D eigenvalue weighted by Crippen LogP contribution is -2.50. The number of rotatable bonds is 9. The quantitative estimate of drug-likeness (QED) is 0.633. The minimum atomic E-state index is -0.866. The molecule has 0 radical (unpaired) electrons. The number of hydrogen-bond donors (Lipinski definition) is 2. The molecule has 2 amide bonds. The van der Waals surface area contributed by atoms with E-state index >= 15 is 0 Å². The second-order valence-electron chi connectivity index (χ2n) is 6.74. The van der Waals surface area contributed by atoms with Gasteiger partial charge in [-0.1, -0.05) is 36.4 Å². The minimum absolute atomic E-state index is 0.207. The van der Waals surface area contributed by atoms with Crippen molar-refractivity contribution in [1.29, 1.82) is 0 Å². The zero-order valence-electron chi connectivity index (χ0n) is 16.3. The Bertz CT molecular complexity index is 854. The number of amides is 2. The lowest BCUT2D eigenvalue weighted by Gasteiger charge is -2.26. The van der Waals surface area contributed by atoms with Gasteiger partial charge in [-0.2, -0.15) is 0 Å². The lowest BCUT2D eigenvalue weighted by atomic mass is 10.1. The zero-order chi connectivity index (χ0) is 20.8. The molecule has 2 aromatic rings. The summed E-state index contributed by atoms with van der Waals surface area (Å²) in [5, 5.41) is 3.25. The maximum absolute atomic E-state index is 13.0. The predicted molar refractivity (Wildman–Crippen MR) is 110 cm³/mol. The highest BCUT2D eigenvalue weighted by atomic mass is 16.5. The van der Waals surface area contributed by atoms with Gasteiger partial charge >= 0.3 is 0 Å². The molecule has 7 nitrogen and oxygen atoms in total. The lowest BCUT2D eigenvalue weighted by molar-refractivity contribution is -0.140. The summed E-state index contributed by atoms with van der Waals surface area (Å²) < 4.78 is 11.1. The molecule has 0 saturated carbocycles. The topological polar surface area (TPSA) is 93.9 Å². The number of nitrogens with two attached hydrogens (primary N) is 1. The fraction of sp³-hybridized carbons (Fsp3) is 0.273. The van der Waals surface area contributed by atoms with Crippen molar-refractivity contribution in [1.82, 2.24) is 4.90 Å². The number of carbonyl (C=O) groups is 2. The van der Waals surface area contributed by atoms with E-state index < -0.39 is 24.1 Å². The van der Waals surface area contributed by atoms with E-state index in [9.17, 15) is 9.59 Å². The van der Waals surface area contributed by atoms with Gasteiger partial charge in [0.1, 0.15) is 11.8 Å². The Morgan fingerprint density at radius 2 is 1.90 bits per heavy atom. The molecular formula is C22H25N3O4. The average Bonchev–Trinajstić information content (AvgIpc) is 2.99. The number of hydrogen-bond acceptors (Lipinski definition) is 5. The molecular weight excluding hydrogens is 370 g/mol. The molecule has 1 aliphatic heterocycles. The Balaban J connectivity index is 1.86. The molecule has 0 bridgehead atoms. The van der Waals surface area contributed by atoms with Crippen LogP contribution in [0.1, 0.15) is 5.56 Å². The molecule has 3 atom stereocenters. The minimum Gasteiger partial charge on any atom is -0.497 e. The van der Waals surface area contributed by atoms with E-state index in [1.54, 1.807) is 25.3 Å². The van der Waals surface area contributed by atoms with Gasteiger partial charge in [-0.3, -0.25) is 9.59 Å². The molecule has 1 saturated heterocycles. The van der Waals surface area contributed by atoms with Crippen molar-refractivity contribution < 1.29 is 19.1 Å². The number of anilines is 1. The summed E-state index contributed by atoms with van der Waals surface area (Å²) >= 11 is 0. The molecule has 29 heavy (non-hydrogen) atoms. The van der Waals surface area contributed by atoms with E-state index in [1.165, 1.54) is 4.90 Å². The number of nitrogens with zero attached hydrogens (tertiary/aromatic N) is 1. The fourth-order valence-corrected chi connectivity index (χ4v) is 3.46. The van der Waals surface area contributed by atoms with Crippen molar-refractivity contribution in [3.63, 3.8) is 0 Å². The van der Waals surface area contributed by atoms with Gasteiger partial charge in [0.05, 0.1) is 19.8 Å². The van der Waals surface area contributed by atoms with Crippen LogP contribution >= 0.6 is 0 Å². The van der Waals surface area contributed by atoms with Crippen LogP contribution < -0.4 is 15.8 Å². The summed E-state index contributed by atoms with van der Waals surface area (Å²) in [5.74, 6) is -0.192. The van der Waals surface area contributed by atoms with Crippen molar-refractivity contribution in [3.05, 3.63) is 72.8 Å². The summed E-state index contributed by atoms with van der Waals surface area (Å²) in [5.41, 5.74) is 7.31. The van der Waals surface area contributed by atoms with Gasteiger partial charge in [0.25, 0.3) is 5.91 Å². The first kappa shape index (κ1) is 20.4. The van der Waals surface area contributed by atoms with E-state index in [-0.39, 0.29) is 19.1 Å². The van der Waals surface area contributed by atoms with Crippen LogP contribution in [-0.2, 0) is 20.9 Å². The van der Waals surface area contributed by atoms with E-state index in [1.807, 2.05) is 42.5 Å². The first-order chi connectivity index (χ1) is 14.0. The summed E-state index contributed by atoms with van der Waals surface area (Å²) in [4.78, 5) is 26.7. The summed E-state index contributed by atoms with van der Waals surface area (Å²) in [6.45, 7) is 4.13. The second kappa shape index (κ2) is 9.25. The molecule has 0 aromatic heterocycles. The van der Waals surface area contributed by atoms with Crippen LogP contribution in [0, 0.1) is 0 Å². The maximum atomic E-state index is 13.0. The molecule has 0 aliphatic carbocycles. The summed E-state index contributed by atoms with van der Waals surface area (Å²) in [6.07, 6.45) is 0.701. The monoisotopic (exact) mass is 395 g/mol. The third-order valence-electron chi connectivity index (χ3n) is 4.84. The van der Waals surface area contributed by atoms with Gasteiger partial charge < -0.3 is 25.4 Å². The zero-order valence-corrected chi connectivity index (χ0v) is 16.3. The molecule has 1 aliphatic rings. The number of methoxy groups -OCH3 is 1. The standard InChI is InChI=1S/C22H25N3O4/c1-3-13-25-19(21(23)26)18(24-16-9-11-17(28-2)12-10-16)20(22(25)27)29-14-15-7-5-4-6-8-15/h3-12,18-20,24H,1,13-14H2,2H3,(H2,23,26)/t18-,19-,20+/m0/s1. The van der Waals surface area contributed by atoms with Crippen molar-refractivity contribution >= 4 is 17.5 Å². The summed E-state index contributed by atoms with van der Waals surface area (Å²) in [7, 11) is 1.59. The van der Waals surface area contributed by atoms with Gasteiger partial charge in [0.2, 0.25) is 5.91 Å². The third-order valence-corrected chi connectivity index (χ3v) is 4.84. The molecule has 3 rings (SSSR count). The Morgan fingerprint density at radius 1 is 1.21 bits per heavy atom. The van der Waals surface area contributed by atoms with Gasteiger partial charge in [-0.05, 0) is 29.8 Å². The van der Waals surface area contributed by atoms with Crippen molar-refractivity contribution in [2.45, 2.75) is 24.8 Å². The Morgan fingerprint density at radius 3 is 2.48 bits per heavy atom.